The number of fused-ring (bicyclic) bond motifs is 6. The summed E-state index contributed by atoms with van der Waals surface area (Å²) in [5, 5.41) is 0. The van der Waals surface area contributed by atoms with E-state index in [0.29, 0.717) is 6.42 Å². The number of hydrogen-bond donors (Lipinski definition) is 0. The first kappa shape index (κ1) is 25.3. The van der Waals surface area contributed by atoms with E-state index in [1.165, 1.54) is 64.5 Å². The van der Waals surface area contributed by atoms with Crippen LogP contribution in [0.1, 0.15) is 80.5 Å². The molecule has 3 aliphatic carbocycles. The molecule has 0 aromatic heterocycles. The summed E-state index contributed by atoms with van der Waals surface area (Å²) in [6.07, 6.45) is 8.04. The van der Waals surface area contributed by atoms with Gasteiger partial charge >= 0.3 is 5.97 Å². The van der Waals surface area contributed by atoms with Crippen LogP contribution in [0.15, 0.2) is 97.1 Å². The zero-order valence-corrected chi connectivity index (χ0v) is 23.7. The Kier molecular flexibility index (Phi) is 6.00. The van der Waals surface area contributed by atoms with Crippen molar-refractivity contribution in [2.45, 2.75) is 69.1 Å². The van der Waals surface area contributed by atoms with Gasteiger partial charge in [-0.3, -0.25) is 4.79 Å². The zero-order valence-electron chi connectivity index (χ0n) is 23.7. The fraction of sp³-hybridized carbons (Fsp3) is 0.342. The molecule has 40 heavy (non-hydrogen) atoms. The Balaban J connectivity index is 1.63. The van der Waals surface area contributed by atoms with E-state index in [2.05, 4.69) is 104 Å². The van der Waals surface area contributed by atoms with Gasteiger partial charge in [0.25, 0.3) is 0 Å². The molecular weight excluding hydrogens is 488 g/mol. The lowest BCUT2D eigenvalue weighted by Gasteiger charge is -2.59. The number of methoxy groups -OCH3 is 1. The van der Waals surface area contributed by atoms with E-state index in [1.54, 1.807) is 0 Å². The highest BCUT2D eigenvalue weighted by molar-refractivity contribution is 5.86. The molecule has 0 aliphatic heterocycles. The Morgan fingerprint density at radius 3 is 1.38 bits per heavy atom. The molecule has 1 fully saturated rings. The van der Waals surface area contributed by atoms with E-state index >= 15 is 0 Å². The summed E-state index contributed by atoms with van der Waals surface area (Å²) in [5.41, 5.74) is 10.6. The maximum absolute atomic E-state index is 13.0. The second kappa shape index (κ2) is 9.47. The van der Waals surface area contributed by atoms with Gasteiger partial charge in [0.05, 0.1) is 7.11 Å². The van der Waals surface area contributed by atoms with Crippen LogP contribution in [0.3, 0.4) is 0 Å². The number of carbonyl (C=O) groups excluding carboxylic acids is 1. The van der Waals surface area contributed by atoms with Gasteiger partial charge in [0.15, 0.2) is 0 Å². The molecule has 3 aliphatic rings. The smallest absolute Gasteiger partial charge is 0.305 e. The molecule has 1 saturated carbocycles. The predicted molar refractivity (Wildman–Crippen MR) is 162 cm³/mol. The molecule has 0 N–H and O–H groups in total. The second-order valence-electron chi connectivity index (χ2n) is 12.1. The van der Waals surface area contributed by atoms with Crippen LogP contribution >= 0.6 is 0 Å². The van der Waals surface area contributed by atoms with Gasteiger partial charge in [0.1, 0.15) is 0 Å². The number of hydrogen-bond acceptors (Lipinski definition) is 2. The summed E-state index contributed by atoms with van der Waals surface area (Å²) in [7, 11) is 1.53. The van der Waals surface area contributed by atoms with Crippen molar-refractivity contribution in [2.75, 3.05) is 7.11 Å². The molecule has 0 amide bonds. The number of esters is 1. The van der Waals surface area contributed by atoms with E-state index in [-0.39, 0.29) is 22.2 Å². The van der Waals surface area contributed by atoms with Crippen molar-refractivity contribution in [1.82, 2.24) is 0 Å². The Hall–Kier alpha value is -3.65. The number of benzene rings is 4. The SMILES string of the molecule is CCCC1(C2(C3(CCC(=O)OC)c4ccccc4-c4ccccc43)CCCC2)c2ccccc2-c2ccccc21. The average Bonchev–Trinajstić information content (AvgIpc) is 3.69. The minimum Gasteiger partial charge on any atom is -0.469 e. The Labute approximate surface area is 238 Å². The van der Waals surface area contributed by atoms with Gasteiger partial charge in [-0.1, -0.05) is 123 Å². The summed E-state index contributed by atoms with van der Waals surface area (Å²) in [4.78, 5) is 13.0. The van der Waals surface area contributed by atoms with Crippen molar-refractivity contribution in [1.29, 1.82) is 0 Å². The summed E-state index contributed by atoms with van der Waals surface area (Å²) in [5.74, 6) is -0.119. The quantitative estimate of drug-likeness (QED) is 0.224. The number of rotatable bonds is 7. The Bertz CT molecular complexity index is 1500. The summed E-state index contributed by atoms with van der Waals surface area (Å²) in [6, 6.07) is 36.5. The van der Waals surface area contributed by atoms with Gasteiger partial charge in [0.2, 0.25) is 0 Å². The molecular formula is C38H38O2. The second-order valence-corrected chi connectivity index (χ2v) is 12.1. The highest BCUT2D eigenvalue weighted by Gasteiger charge is 2.68. The molecule has 0 atom stereocenters. The summed E-state index contributed by atoms with van der Waals surface area (Å²) < 4.78 is 5.30. The molecule has 4 aromatic carbocycles. The van der Waals surface area contributed by atoms with Gasteiger partial charge in [-0.2, -0.15) is 0 Å². The molecule has 2 heteroatoms. The molecule has 0 saturated heterocycles. The first-order chi connectivity index (χ1) is 19.6. The molecule has 0 spiro atoms. The molecule has 4 aromatic rings. The lowest BCUT2D eigenvalue weighted by molar-refractivity contribution is -0.141. The third-order valence-corrected chi connectivity index (χ3v) is 10.8. The topological polar surface area (TPSA) is 26.3 Å². The Morgan fingerprint density at radius 2 is 1.00 bits per heavy atom. The summed E-state index contributed by atoms with van der Waals surface area (Å²) in [6.45, 7) is 2.35. The first-order valence-corrected chi connectivity index (χ1v) is 15.1. The fourth-order valence-corrected chi connectivity index (χ4v) is 9.66. The van der Waals surface area contributed by atoms with Crippen molar-refractivity contribution in [3.8, 4) is 22.3 Å². The Morgan fingerprint density at radius 1 is 0.625 bits per heavy atom. The van der Waals surface area contributed by atoms with Crippen molar-refractivity contribution in [2.24, 2.45) is 5.41 Å². The largest absolute Gasteiger partial charge is 0.469 e. The van der Waals surface area contributed by atoms with E-state index in [9.17, 15) is 4.79 Å². The van der Waals surface area contributed by atoms with Crippen LogP contribution in [0.2, 0.25) is 0 Å². The van der Waals surface area contributed by atoms with Crippen molar-refractivity contribution in [3.05, 3.63) is 119 Å². The molecule has 0 unspecified atom stereocenters. The lowest BCUT2D eigenvalue weighted by Crippen LogP contribution is -2.57. The van der Waals surface area contributed by atoms with Crippen molar-refractivity contribution in [3.63, 3.8) is 0 Å². The van der Waals surface area contributed by atoms with Crippen LogP contribution in [-0.4, -0.2) is 13.1 Å². The van der Waals surface area contributed by atoms with Crippen LogP contribution in [0.25, 0.3) is 22.3 Å². The average molecular weight is 527 g/mol. The van der Waals surface area contributed by atoms with Gasteiger partial charge in [-0.15, -0.1) is 0 Å². The minimum absolute atomic E-state index is 0.102. The van der Waals surface area contributed by atoms with Crippen LogP contribution in [0.5, 0.6) is 0 Å². The van der Waals surface area contributed by atoms with Crippen LogP contribution in [-0.2, 0) is 20.4 Å². The molecule has 7 rings (SSSR count). The number of carbonyl (C=O) groups is 1. The zero-order chi connectivity index (χ0) is 27.4. The number of ether oxygens (including phenoxy) is 1. The van der Waals surface area contributed by atoms with Crippen molar-refractivity contribution < 1.29 is 9.53 Å². The first-order valence-electron chi connectivity index (χ1n) is 15.1. The van der Waals surface area contributed by atoms with Crippen LogP contribution < -0.4 is 0 Å². The standard InChI is InChI=1S/C38H38O2/c1-3-23-37(31-18-8-4-14-27(31)28-15-5-9-19-32(28)37)36(24-12-13-25-36)38(26-22-35(39)40-2)33-20-10-6-16-29(33)30-17-7-11-21-34(30)38/h4-11,14-21H,3,12-13,22-26H2,1-2H3. The maximum Gasteiger partial charge on any atom is 0.305 e. The molecule has 202 valence electrons. The maximum atomic E-state index is 13.0. The van der Waals surface area contributed by atoms with E-state index < -0.39 is 0 Å². The normalized spacial score (nSPS) is 18.4. The van der Waals surface area contributed by atoms with Crippen LogP contribution in [0, 0.1) is 5.41 Å². The van der Waals surface area contributed by atoms with Gasteiger partial charge in [0, 0.05) is 17.3 Å². The third-order valence-electron chi connectivity index (χ3n) is 10.8. The highest BCUT2D eigenvalue weighted by atomic mass is 16.5. The lowest BCUT2D eigenvalue weighted by atomic mass is 9.42. The van der Waals surface area contributed by atoms with Crippen LogP contribution in [0.4, 0.5) is 0 Å². The van der Waals surface area contributed by atoms with Gasteiger partial charge in [-0.05, 0) is 75.6 Å². The van der Waals surface area contributed by atoms with Crippen molar-refractivity contribution >= 4 is 5.97 Å². The monoisotopic (exact) mass is 526 g/mol. The van der Waals surface area contributed by atoms with Gasteiger partial charge in [-0.25, -0.2) is 0 Å². The predicted octanol–water partition coefficient (Wildman–Crippen LogP) is 9.23. The minimum atomic E-state index is -0.315. The molecule has 0 heterocycles. The summed E-state index contributed by atoms with van der Waals surface area (Å²) >= 11 is 0. The van der Waals surface area contributed by atoms with E-state index in [0.717, 1.165) is 32.1 Å². The molecule has 2 nitrogen and oxygen atoms in total. The van der Waals surface area contributed by atoms with E-state index in [4.69, 9.17) is 4.74 Å². The fourth-order valence-electron chi connectivity index (χ4n) is 9.66. The van der Waals surface area contributed by atoms with E-state index in [1.807, 2.05) is 0 Å². The third kappa shape index (κ3) is 3.08. The molecule has 0 bridgehead atoms. The molecule has 0 radical (unpaired) electrons. The van der Waals surface area contributed by atoms with Gasteiger partial charge < -0.3 is 4.74 Å². The highest BCUT2D eigenvalue weighted by Crippen LogP contribution is 2.74.